The number of aromatic hydroxyl groups is 1. The number of hydrogen-bond donors (Lipinski definition) is 1. The Bertz CT molecular complexity index is 779. The average molecular weight is 297 g/mol. The molecular weight excluding hydrogens is 286 g/mol. The van der Waals surface area contributed by atoms with Crippen molar-refractivity contribution in [1.29, 1.82) is 5.26 Å². The number of aromatic nitrogens is 1. The second-order valence-electron chi connectivity index (χ2n) is 4.23. The van der Waals surface area contributed by atoms with Crippen LogP contribution in [-0.2, 0) is 0 Å². The lowest BCUT2D eigenvalue weighted by Crippen LogP contribution is -1.93. The number of phenolic OH excluding ortho intramolecular Hbond substituents is 1. The predicted octanol–water partition coefficient (Wildman–Crippen LogP) is 2.77. The van der Waals surface area contributed by atoms with Crippen molar-refractivity contribution in [3.8, 4) is 17.6 Å². The summed E-state index contributed by atoms with van der Waals surface area (Å²) in [7, 11) is 1.29. The van der Waals surface area contributed by atoms with Crippen LogP contribution in [0, 0.1) is 21.4 Å². The molecule has 0 aliphatic carbocycles. The zero-order chi connectivity index (χ0) is 16.1. The SMILES string of the molecule is COc1cc(/C=C(\C#N)c2ccccn2)cc([N+](=O)[O-])c1O. The molecule has 2 rings (SSSR count). The molecule has 0 bridgehead atoms. The summed E-state index contributed by atoms with van der Waals surface area (Å²) in [6.07, 6.45) is 2.98. The quantitative estimate of drug-likeness (QED) is 0.528. The van der Waals surface area contributed by atoms with Crippen LogP contribution < -0.4 is 4.74 Å². The number of nitro benzene ring substituents is 1. The third-order valence-corrected chi connectivity index (χ3v) is 2.87. The van der Waals surface area contributed by atoms with Gasteiger partial charge < -0.3 is 9.84 Å². The van der Waals surface area contributed by atoms with E-state index in [1.54, 1.807) is 24.4 Å². The van der Waals surface area contributed by atoms with Gasteiger partial charge >= 0.3 is 5.69 Å². The van der Waals surface area contributed by atoms with Crippen LogP contribution in [0.3, 0.4) is 0 Å². The van der Waals surface area contributed by atoms with Crippen LogP contribution in [0.4, 0.5) is 5.69 Å². The predicted molar refractivity (Wildman–Crippen MR) is 79.0 cm³/mol. The Kier molecular flexibility index (Phi) is 4.34. The van der Waals surface area contributed by atoms with Crippen molar-refractivity contribution in [3.63, 3.8) is 0 Å². The number of methoxy groups -OCH3 is 1. The third-order valence-electron chi connectivity index (χ3n) is 2.87. The molecule has 1 aromatic heterocycles. The van der Waals surface area contributed by atoms with Crippen molar-refractivity contribution in [2.24, 2.45) is 0 Å². The molecule has 110 valence electrons. The van der Waals surface area contributed by atoms with Crippen LogP contribution in [0.15, 0.2) is 36.5 Å². The highest BCUT2D eigenvalue weighted by Gasteiger charge is 2.19. The number of nitrogens with zero attached hydrogens (tertiary/aromatic N) is 3. The van der Waals surface area contributed by atoms with Gasteiger partial charge in [0, 0.05) is 12.3 Å². The summed E-state index contributed by atoms with van der Waals surface area (Å²) in [5, 5.41) is 29.9. The van der Waals surface area contributed by atoms with E-state index in [0.29, 0.717) is 11.3 Å². The van der Waals surface area contributed by atoms with Crippen LogP contribution in [0.1, 0.15) is 11.3 Å². The molecule has 1 N–H and O–H groups in total. The lowest BCUT2D eigenvalue weighted by atomic mass is 10.1. The van der Waals surface area contributed by atoms with Crippen LogP contribution in [0.2, 0.25) is 0 Å². The average Bonchev–Trinajstić information content (AvgIpc) is 2.54. The highest BCUT2D eigenvalue weighted by Crippen LogP contribution is 2.37. The van der Waals surface area contributed by atoms with Crippen molar-refractivity contribution in [3.05, 3.63) is 57.9 Å². The topological polar surface area (TPSA) is 109 Å². The van der Waals surface area contributed by atoms with Crippen molar-refractivity contribution in [2.45, 2.75) is 0 Å². The summed E-state index contributed by atoms with van der Waals surface area (Å²) < 4.78 is 4.92. The highest BCUT2D eigenvalue weighted by atomic mass is 16.6. The first-order valence-corrected chi connectivity index (χ1v) is 6.15. The maximum atomic E-state index is 11.0. The lowest BCUT2D eigenvalue weighted by Gasteiger charge is -2.06. The van der Waals surface area contributed by atoms with Gasteiger partial charge in [0.25, 0.3) is 0 Å². The molecule has 7 heteroatoms. The number of allylic oxidation sites excluding steroid dienone is 1. The summed E-state index contributed by atoms with van der Waals surface area (Å²) in [6, 6.07) is 9.66. The van der Waals surface area contributed by atoms with Crippen molar-refractivity contribution in [1.82, 2.24) is 4.98 Å². The number of nitro groups is 1. The fourth-order valence-electron chi connectivity index (χ4n) is 1.84. The minimum absolute atomic E-state index is 0.0428. The maximum Gasteiger partial charge on any atom is 0.315 e. The molecule has 0 radical (unpaired) electrons. The van der Waals surface area contributed by atoms with E-state index in [-0.39, 0.29) is 11.3 Å². The first-order valence-electron chi connectivity index (χ1n) is 6.15. The zero-order valence-electron chi connectivity index (χ0n) is 11.6. The van der Waals surface area contributed by atoms with Crippen molar-refractivity contribution in [2.75, 3.05) is 7.11 Å². The summed E-state index contributed by atoms with van der Waals surface area (Å²) in [4.78, 5) is 14.3. The standard InChI is InChI=1S/C15H11N3O4/c1-22-14-8-10(7-13(15(14)19)18(20)21)6-11(9-16)12-4-2-3-5-17-12/h2-8,19H,1H3/b11-6+. The molecule has 0 aliphatic heterocycles. The summed E-state index contributed by atoms with van der Waals surface area (Å²) >= 11 is 0. The van der Waals surface area contributed by atoms with Gasteiger partial charge in [-0.25, -0.2) is 0 Å². The Morgan fingerprint density at radius 1 is 1.50 bits per heavy atom. The monoisotopic (exact) mass is 297 g/mol. The Balaban J connectivity index is 2.57. The van der Waals surface area contributed by atoms with Crippen LogP contribution in [0.5, 0.6) is 11.5 Å². The number of pyridine rings is 1. The van der Waals surface area contributed by atoms with Gasteiger partial charge in [-0.1, -0.05) is 6.07 Å². The molecule has 0 amide bonds. The van der Waals surface area contributed by atoms with Crippen LogP contribution in [-0.4, -0.2) is 22.1 Å². The molecule has 0 fully saturated rings. The van der Waals surface area contributed by atoms with E-state index in [1.807, 2.05) is 6.07 Å². The van der Waals surface area contributed by atoms with Crippen LogP contribution in [0.25, 0.3) is 11.6 Å². The third kappa shape index (κ3) is 3.02. The molecule has 0 atom stereocenters. The molecule has 1 aromatic carbocycles. The van der Waals surface area contributed by atoms with Gasteiger partial charge in [0.1, 0.15) is 6.07 Å². The molecule has 2 aromatic rings. The number of phenols is 1. The summed E-state index contributed by atoms with van der Waals surface area (Å²) in [6.45, 7) is 0. The second-order valence-corrected chi connectivity index (χ2v) is 4.23. The minimum atomic E-state index is -0.720. The van der Waals surface area contributed by atoms with E-state index in [4.69, 9.17) is 4.74 Å². The smallest absolute Gasteiger partial charge is 0.315 e. The molecule has 0 aliphatic rings. The molecule has 0 unspecified atom stereocenters. The van der Waals surface area contributed by atoms with Crippen LogP contribution >= 0.6 is 0 Å². The largest absolute Gasteiger partial charge is 0.500 e. The second kappa shape index (κ2) is 6.37. The molecule has 7 nitrogen and oxygen atoms in total. The number of nitriles is 1. The fourth-order valence-corrected chi connectivity index (χ4v) is 1.84. The van der Waals surface area contributed by atoms with E-state index in [9.17, 15) is 20.5 Å². The first-order chi connectivity index (χ1) is 10.6. The Morgan fingerprint density at radius 2 is 2.27 bits per heavy atom. The van der Waals surface area contributed by atoms with Gasteiger partial charge in [-0.2, -0.15) is 5.26 Å². The number of hydrogen-bond acceptors (Lipinski definition) is 6. The molecule has 1 heterocycles. The van der Waals surface area contributed by atoms with Crippen molar-refractivity contribution >= 4 is 17.3 Å². The van der Waals surface area contributed by atoms with E-state index in [1.165, 1.54) is 19.3 Å². The van der Waals surface area contributed by atoms with Gasteiger partial charge in [-0.15, -0.1) is 0 Å². The first kappa shape index (κ1) is 15.0. The zero-order valence-corrected chi connectivity index (χ0v) is 11.6. The maximum absolute atomic E-state index is 11.0. The van der Waals surface area contributed by atoms with E-state index < -0.39 is 16.4 Å². The van der Waals surface area contributed by atoms with Crippen molar-refractivity contribution < 1.29 is 14.8 Å². The summed E-state index contributed by atoms with van der Waals surface area (Å²) in [5.41, 5.74) is 0.537. The molecular formula is C15H11N3O4. The van der Waals surface area contributed by atoms with Gasteiger partial charge in [-0.3, -0.25) is 15.1 Å². The minimum Gasteiger partial charge on any atom is -0.500 e. The van der Waals surface area contributed by atoms with Gasteiger partial charge in [0.05, 0.1) is 23.3 Å². The van der Waals surface area contributed by atoms with E-state index in [2.05, 4.69) is 4.98 Å². The number of benzene rings is 1. The number of rotatable bonds is 4. The molecule has 0 spiro atoms. The molecule has 0 saturated heterocycles. The van der Waals surface area contributed by atoms with E-state index >= 15 is 0 Å². The normalized spacial score (nSPS) is 10.8. The summed E-state index contributed by atoms with van der Waals surface area (Å²) in [5.74, 6) is -0.597. The molecule has 0 saturated carbocycles. The van der Waals surface area contributed by atoms with Gasteiger partial charge in [0.2, 0.25) is 5.75 Å². The lowest BCUT2D eigenvalue weighted by molar-refractivity contribution is -0.386. The van der Waals surface area contributed by atoms with E-state index in [0.717, 1.165) is 6.07 Å². The van der Waals surface area contributed by atoms with Gasteiger partial charge in [0.15, 0.2) is 5.75 Å². The van der Waals surface area contributed by atoms with Gasteiger partial charge in [-0.05, 0) is 29.8 Å². The number of ether oxygens (including phenoxy) is 1. The fraction of sp³-hybridized carbons (Fsp3) is 0.0667. The Hall–Kier alpha value is -3.40. The Morgan fingerprint density at radius 3 is 2.82 bits per heavy atom. The molecule has 22 heavy (non-hydrogen) atoms. The Labute approximate surface area is 125 Å². The highest BCUT2D eigenvalue weighted by molar-refractivity contribution is 5.89.